The molecule has 1 amide bonds. The van der Waals surface area contributed by atoms with Crippen LogP contribution >= 0.6 is 23.1 Å². The third kappa shape index (κ3) is 2.97. The standard InChI is InChI=1S/C17H16N4OS2/c18-15(22)14(11-5-2-1-3-6-11)24-17-20-19-16(13-7-4-10-23-13)21(17)12-8-9-12/h1-7,10,12,14H,8-9H2,(H2,18,22). The molecule has 1 aromatic carbocycles. The van der Waals surface area contributed by atoms with E-state index in [4.69, 9.17) is 5.73 Å². The molecule has 1 aliphatic rings. The van der Waals surface area contributed by atoms with Gasteiger partial charge in [0.25, 0.3) is 0 Å². The fraction of sp³-hybridized carbons (Fsp3) is 0.235. The summed E-state index contributed by atoms with van der Waals surface area (Å²) < 4.78 is 2.16. The van der Waals surface area contributed by atoms with Crippen molar-refractivity contribution < 1.29 is 4.79 Å². The first-order valence-electron chi connectivity index (χ1n) is 7.73. The summed E-state index contributed by atoms with van der Waals surface area (Å²) >= 11 is 3.03. The number of hydrogen-bond donors (Lipinski definition) is 1. The Morgan fingerprint density at radius 2 is 2.00 bits per heavy atom. The molecule has 0 bridgehead atoms. The first kappa shape index (κ1) is 15.4. The molecule has 24 heavy (non-hydrogen) atoms. The molecule has 122 valence electrons. The Kier molecular flexibility index (Phi) is 4.12. The molecule has 7 heteroatoms. The van der Waals surface area contributed by atoms with Crippen molar-refractivity contribution in [2.45, 2.75) is 29.3 Å². The van der Waals surface area contributed by atoms with Crippen LogP contribution in [0.2, 0.25) is 0 Å². The number of aromatic nitrogens is 3. The van der Waals surface area contributed by atoms with E-state index in [1.165, 1.54) is 11.8 Å². The zero-order valence-corrected chi connectivity index (χ0v) is 14.5. The van der Waals surface area contributed by atoms with E-state index < -0.39 is 5.25 Å². The van der Waals surface area contributed by atoms with Crippen molar-refractivity contribution in [2.75, 3.05) is 0 Å². The lowest BCUT2D eigenvalue weighted by molar-refractivity contribution is -0.117. The highest BCUT2D eigenvalue weighted by molar-refractivity contribution is 8.00. The summed E-state index contributed by atoms with van der Waals surface area (Å²) in [4.78, 5) is 13.1. The summed E-state index contributed by atoms with van der Waals surface area (Å²) in [5.41, 5.74) is 6.53. The number of nitrogens with zero attached hydrogens (tertiary/aromatic N) is 3. The quantitative estimate of drug-likeness (QED) is 0.684. The lowest BCUT2D eigenvalue weighted by atomic mass is 10.1. The number of rotatable bonds is 6. The molecular weight excluding hydrogens is 340 g/mol. The lowest BCUT2D eigenvalue weighted by Crippen LogP contribution is -2.19. The molecule has 1 atom stereocenters. The fourth-order valence-corrected chi connectivity index (χ4v) is 4.38. The second-order valence-electron chi connectivity index (χ2n) is 5.70. The van der Waals surface area contributed by atoms with Crippen molar-refractivity contribution in [2.24, 2.45) is 5.73 Å². The number of primary amides is 1. The molecule has 1 aliphatic carbocycles. The van der Waals surface area contributed by atoms with E-state index in [1.54, 1.807) is 11.3 Å². The van der Waals surface area contributed by atoms with E-state index in [0.717, 1.165) is 34.3 Å². The fourth-order valence-electron chi connectivity index (χ4n) is 2.62. The summed E-state index contributed by atoms with van der Waals surface area (Å²) in [6.07, 6.45) is 2.24. The molecule has 2 aromatic heterocycles. The number of benzene rings is 1. The molecule has 0 saturated heterocycles. The minimum atomic E-state index is -0.468. The number of carbonyl (C=O) groups is 1. The van der Waals surface area contributed by atoms with Gasteiger partial charge in [0.05, 0.1) is 4.88 Å². The Morgan fingerprint density at radius 3 is 2.62 bits per heavy atom. The van der Waals surface area contributed by atoms with Crippen LogP contribution < -0.4 is 5.73 Å². The Hall–Kier alpha value is -2.12. The third-order valence-corrected chi connectivity index (χ3v) is 6.00. The number of carbonyl (C=O) groups excluding carboxylic acids is 1. The van der Waals surface area contributed by atoms with Crippen LogP contribution in [0, 0.1) is 0 Å². The number of amides is 1. The number of thiophene rings is 1. The Balaban J connectivity index is 1.70. The smallest absolute Gasteiger partial charge is 0.235 e. The van der Waals surface area contributed by atoms with Gasteiger partial charge >= 0.3 is 0 Å². The molecule has 2 N–H and O–H groups in total. The van der Waals surface area contributed by atoms with Gasteiger partial charge in [0, 0.05) is 6.04 Å². The van der Waals surface area contributed by atoms with Crippen LogP contribution in [-0.4, -0.2) is 20.7 Å². The lowest BCUT2D eigenvalue weighted by Gasteiger charge is -2.14. The normalized spacial score (nSPS) is 15.3. The summed E-state index contributed by atoms with van der Waals surface area (Å²) in [7, 11) is 0. The van der Waals surface area contributed by atoms with Gasteiger partial charge in [-0.3, -0.25) is 9.36 Å². The van der Waals surface area contributed by atoms with Gasteiger partial charge in [0.2, 0.25) is 5.91 Å². The van der Waals surface area contributed by atoms with Gasteiger partial charge in [-0.25, -0.2) is 0 Å². The molecule has 2 heterocycles. The van der Waals surface area contributed by atoms with Crippen molar-refractivity contribution in [3.05, 3.63) is 53.4 Å². The SMILES string of the molecule is NC(=O)C(Sc1nnc(-c2cccs2)n1C1CC1)c1ccccc1. The number of thioether (sulfide) groups is 1. The maximum Gasteiger partial charge on any atom is 0.235 e. The van der Waals surface area contributed by atoms with Gasteiger partial charge < -0.3 is 5.73 Å². The van der Waals surface area contributed by atoms with Crippen LogP contribution in [0.15, 0.2) is 53.0 Å². The average Bonchev–Trinajstić information content (AvgIpc) is 3.11. The maximum atomic E-state index is 12.0. The van der Waals surface area contributed by atoms with E-state index in [1.807, 2.05) is 47.8 Å². The first-order chi connectivity index (χ1) is 11.7. The number of hydrogen-bond acceptors (Lipinski definition) is 5. The summed E-state index contributed by atoms with van der Waals surface area (Å²) in [6.45, 7) is 0. The first-order valence-corrected chi connectivity index (χ1v) is 9.49. The molecule has 0 spiro atoms. The highest BCUT2D eigenvalue weighted by atomic mass is 32.2. The average molecular weight is 356 g/mol. The highest BCUT2D eigenvalue weighted by Gasteiger charge is 2.32. The predicted molar refractivity (Wildman–Crippen MR) is 95.8 cm³/mol. The Morgan fingerprint density at radius 1 is 1.21 bits per heavy atom. The molecule has 1 unspecified atom stereocenters. The predicted octanol–water partition coefficient (Wildman–Crippen LogP) is 3.66. The highest BCUT2D eigenvalue weighted by Crippen LogP contribution is 2.44. The van der Waals surface area contributed by atoms with Crippen LogP contribution in [-0.2, 0) is 4.79 Å². The van der Waals surface area contributed by atoms with Gasteiger partial charge in [-0.05, 0) is 29.9 Å². The van der Waals surface area contributed by atoms with Crippen LogP contribution in [0.5, 0.6) is 0 Å². The van der Waals surface area contributed by atoms with E-state index in [-0.39, 0.29) is 5.91 Å². The van der Waals surface area contributed by atoms with Crippen LogP contribution in [0.4, 0.5) is 0 Å². The van der Waals surface area contributed by atoms with Crippen LogP contribution in [0.25, 0.3) is 10.7 Å². The van der Waals surface area contributed by atoms with Crippen molar-refractivity contribution in [1.29, 1.82) is 0 Å². The largest absolute Gasteiger partial charge is 0.368 e. The van der Waals surface area contributed by atoms with Gasteiger partial charge in [-0.1, -0.05) is 48.2 Å². The van der Waals surface area contributed by atoms with Crippen molar-refractivity contribution in [3.8, 4) is 10.7 Å². The van der Waals surface area contributed by atoms with Gasteiger partial charge in [0.15, 0.2) is 11.0 Å². The van der Waals surface area contributed by atoms with E-state index >= 15 is 0 Å². The van der Waals surface area contributed by atoms with Crippen LogP contribution in [0.3, 0.4) is 0 Å². The van der Waals surface area contributed by atoms with Crippen LogP contribution in [0.1, 0.15) is 29.7 Å². The second kappa shape index (κ2) is 6.41. The minimum Gasteiger partial charge on any atom is -0.368 e. The van der Waals surface area contributed by atoms with E-state index in [0.29, 0.717) is 6.04 Å². The van der Waals surface area contributed by atoms with Gasteiger partial charge in [-0.2, -0.15) is 0 Å². The van der Waals surface area contributed by atoms with Crippen molar-refractivity contribution >= 4 is 29.0 Å². The summed E-state index contributed by atoms with van der Waals surface area (Å²) in [5, 5.41) is 11.1. The number of nitrogens with two attached hydrogens (primary N) is 1. The van der Waals surface area contributed by atoms with Gasteiger partial charge in [0.1, 0.15) is 5.25 Å². The third-order valence-electron chi connectivity index (χ3n) is 3.90. The molecule has 0 aliphatic heterocycles. The van der Waals surface area contributed by atoms with Crippen molar-refractivity contribution in [3.63, 3.8) is 0 Å². The molecule has 5 nitrogen and oxygen atoms in total. The summed E-state index contributed by atoms with van der Waals surface area (Å²) in [6, 6.07) is 14.1. The molecule has 4 rings (SSSR count). The molecule has 1 saturated carbocycles. The molecular formula is C17H16N4OS2. The van der Waals surface area contributed by atoms with E-state index in [9.17, 15) is 4.79 Å². The monoisotopic (exact) mass is 356 g/mol. The second-order valence-corrected chi connectivity index (χ2v) is 7.72. The Bertz CT molecular complexity index is 841. The molecule has 3 aromatic rings. The minimum absolute atomic E-state index is 0.366. The Labute approximate surface area is 147 Å². The molecule has 1 fully saturated rings. The maximum absolute atomic E-state index is 12.0. The van der Waals surface area contributed by atoms with Crippen molar-refractivity contribution in [1.82, 2.24) is 14.8 Å². The molecule has 0 radical (unpaired) electrons. The topological polar surface area (TPSA) is 73.8 Å². The zero-order chi connectivity index (χ0) is 16.5. The van der Waals surface area contributed by atoms with E-state index in [2.05, 4.69) is 14.8 Å². The summed E-state index contributed by atoms with van der Waals surface area (Å²) in [5.74, 6) is 0.514. The van der Waals surface area contributed by atoms with Gasteiger partial charge in [-0.15, -0.1) is 21.5 Å². The zero-order valence-electron chi connectivity index (χ0n) is 12.8.